The number of nitrogens with one attached hydrogen (secondary N) is 2. The van der Waals surface area contributed by atoms with Gasteiger partial charge in [0.1, 0.15) is 24.2 Å². The van der Waals surface area contributed by atoms with Gasteiger partial charge in [-0.2, -0.15) is 26.3 Å². The van der Waals surface area contributed by atoms with Crippen LogP contribution in [0.1, 0.15) is 93.6 Å². The average Bonchev–Trinajstić information content (AvgIpc) is 3.16. The molecular formula is C43H47Cl2F6IN4O3. The van der Waals surface area contributed by atoms with Gasteiger partial charge >= 0.3 is 12.4 Å². The molecule has 4 aromatic rings. The Morgan fingerprint density at radius 3 is 1.39 bits per heavy atom. The molecule has 4 aromatic carbocycles. The average molecular weight is 980 g/mol. The Labute approximate surface area is 367 Å². The number of alkyl halides is 6. The number of carbonyl (C=O) groups excluding carboxylic acids is 2. The van der Waals surface area contributed by atoms with Crippen LogP contribution in [-0.4, -0.2) is 67.3 Å². The number of amides is 2. The molecule has 59 heavy (non-hydrogen) atoms. The van der Waals surface area contributed by atoms with Crippen LogP contribution in [0.3, 0.4) is 0 Å². The number of carbonyl (C=O) groups is 2. The van der Waals surface area contributed by atoms with E-state index < -0.39 is 62.1 Å². The number of hydroxylamine groups is 3. The second-order valence-corrected chi connectivity index (χ2v) is 16.3. The summed E-state index contributed by atoms with van der Waals surface area (Å²) < 4.78 is 79.3. The van der Waals surface area contributed by atoms with Crippen molar-refractivity contribution in [2.45, 2.75) is 75.0 Å². The summed E-state index contributed by atoms with van der Waals surface area (Å²) in [4.78, 5) is 25.9. The SMILES string of the molecule is C[N+]1(C)CCCC[C@H]1[C@@H](NC(=O)c1cccc(C(F)(F)F)c1Cl)c1ccccc1.C[N+]1([O-])CCCCC1C(NC(=O)c1cccc(C(F)(F)F)c1Cl)c1ccccc1.[I-]. The van der Waals surface area contributed by atoms with Crippen LogP contribution in [0.4, 0.5) is 26.3 Å². The van der Waals surface area contributed by atoms with Crippen LogP contribution in [0.5, 0.6) is 0 Å². The molecule has 0 radical (unpaired) electrons. The van der Waals surface area contributed by atoms with Crippen molar-refractivity contribution in [3.8, 4) is 0 Å². The molecule has 0 spiro atoms. The van der Waals surface area contributed by atoms with Gasteiger partial charge in [0.2, 0.25) is 0 Å². The predicted molar refractivity (Wildman–Crippen MR) is 213 cm³/mol. The summed E-state index contributed by atoms with van der Waals surface area (Å²) in [5, 5.41) is 17.6. The minimum absolute atomic E-state index is 0. The first-order valence-electron chi connectivity index (χ1n) is 19.0. The molecule has 6 rings (SSSR count). The van der Waals surface area contributed by atoms with E-state index >= 15 is 0 Å². The van der Waals surface area contributed by atoms with E-state index in [4.69, 9.17) is 23.2 Å². The maximum absolute atomic E-state index is 13.2. The summed E-state index contributed by atoms with van der Waals surface area (Å²) in [6.07, 6.45) is -3.95. The van der Waals surface area contributed by atoms with Crippen molar-refractivity contribution in [3.05, 3.63) is 146 Å². The van der Waals surface area contributed by atoms with Crippen LogP contribution in [0.15, 0.2) is 97.1 Å². The van der Waals surface area contributed by atoms with Crippen molar-refractivity contribution in [2.24, 2.45) is 0 Å². The van der Waals surface area contributed by atoms with Crippen molar-refractivity contribution in [3.63, 3.8) is 0 Å². The normalized spacial score (nSPS) is 21.4. The molecule has 2 N–H and O–H groups in total. The number of rotatable bonds is 8. The second-order valence-electron chi connectivity index (χ2n) is 15.6. The van der Waals surface area contributed by atoms with Crippen LogP contribution in [0.2, 0.25) is 10.0 Å². The Morgan fingerprint density at radius 2 is 1.00 bits per heavy atom. The van der Waals surface area contributed by atoms with Crippen LogP contribution in [-0.2, 0) is 12.4 Å². The molecule has 3 unspecified atom stereocenters. The first kappa shape index (κ1) is 48.3. The first-order valence-corrected chi connectivity index (χ1v) is 19.8. The lowest BCUT2D eigenvalue weighted by Crippen LogP contribution is -3.00. The zero-order chi connectivity index (χ0) is 42.5. The number of halogens is 9. The van der Waals surface area contributed by atoms with Gasteiger partial charge in [-0.3, -0.25) is 9.59 Å². The highest BCUT2D eigenvalue weighted by Gasteiger charge is 2.42. The lowest BCUT2D eigenvalue weighted by molar-refractivity contribution is -0.922. The predicted octanol–water partition coefficient (Wildman–Crippen LogP) is 7.79. The monoisotopic (exact) mass is 978 g/mol. The van der Waals surface area contributed by atoms with Gasteiger partial charge in [0.25, 0.3) is 11.8 Å². The zero-order valence-electron chi connectivity index (χ0n) is 32.7. The summed E-state index contributed by atoms with van der Waals surface area (Å²) in [5.41, 5.74) is -0.831. The van der Waals surface area contributed by atoms with Crippen molar-refractivity contribution in [1.29, 1.82) is 0 Å². The molecular weight excluding hydrogens is 932 g/mol. The third-order valence-electron chi connectivity index (χ3n) is 11.2. The fourth-order valence-electron chi connectivity index (χ4n) is 8.07. The van der Waals surface area contributed by atoms with Gasteiger partial charge in [0.05, 0.1) is 66.5 Å². The number of benzene rings is 4. The Hall–Kier alpha value is -3.41. The van der Waals surface area contributed by atoms with Gasteiger partial charge in [-0.15, -0.1) is 0 Å². The Kier molecular flexibility index (Phi) is 16.3. The van der Waals surface area contributed by atoms with Crippen molar-refractivity contribution in [1.82, 2.24) is 10.6 Å². The number of hydrogen-bond acceptors (Lipinski definition) is 3. The highest BCUT2D eigenvalue weighted by molar-refractivity contribution is 6.35. The van der Waals surface area contributed by atoms with Crippen LogP contribution in [0, 0.1) is 5.21 Å². The molecule has 2 fully saturated rings. The van der Waals surface area contributed by atoms with Crippen molar-refractivity contribution >= 4 is 35.0 Å². The van der Waals surface area contributed by atoms with Gasteiger partial charge in [0, 0.05) is 12.8 Å². The molecule has 5 atom stereocenters. The number of likely N-dealkylation sites (tertiary alicyclic amines) is 2. The van der Waals surface area contributed by atoms with Crippen LogP contribution < -0.4 is 34.6 Å². The van der Waals surface area contributed by atoms with Gasteiger partial charge in [0.15, 0.2) is 0 Å². The smallest absolute Gasteiger partial charge is 0.417 e. The lowest BCUT2D eigenvalue weighted by atomic mass is 9.89. The minimum atomic E-state index is -4.67. The molecule has 320 valence electrons. The third kappa shape index (κ3) is 11.9. The Balaban J connectivity index is 0.000000256. The fraction of sp³-hybridized carbons (Fsp3) is 0.395. The van der Waals surface area contributed by atoms with Crippen molar-refractivity contribution < 1.29 is 69.0 Å². The molecule has 2 saturated heterocycles. The highest BCUT2D eigenvalue weighted by Crippen LogP contribution is 2.39. The molecule has 2 aliphatic rings. The van der Waals surface area contributed by atoms with E-state index in [2.05, 4.69) is 24.7 Å². The number of likely N-dealkylation sites (N-methyl/N-ethyl adjacent to an activating group) is 2. The van der Waals surface area contributed by atoms with E-state index in [-0.39, 0.29) is 47.2 Å². The van der Waals surface area contributed by atoms with Gasteiger partial charge in [-0.1, -0.05) is 96.0 Å². The van der Waals surface area contributed by atoms with E-state index in [1.165, 1.54) is 18.2 Å². The Bertz CT molecular complexity index is 1890. The summed E-state index contributed by atoms with van der Waals surface area (Å²) in [6, 6.07) is 23.9. The van der Waals surface area contributed by atoms with Crippen molar-refractivity contribution in [2.75, 3.05) is 34.2 Å². The van der Waals surface area contributed by atoms with Gasteiger partial charge < -0.3 is 48.9 Å². The molecule has 0 aliphatic carbocycles. The first-order chi connectivity index (χ1) is 27.2. The van der Waals surface area contributed by atoms with E-state index in [1.807, 2.05) is 36.4 Å². The molecule has 2 amide bonds. The molecule has 0 saturated carbocycles. The maximum Gasteiger partial charge on any atom is 0.417 e. The molecule has 2 heterocycles. The van der Waals surface area contributed by atoms with Gasteiger partial charge in [-0.25, -0.2) is 0 Å². The Morgan fingerprint density at radius 1 is 0.610 bits per heavy atom. The van der Waals surface area contributed by atoms with E-state index in [0.717, 1.165) is 72.5 Å². The summed E-state index contributed by atoms with van der Waals surface area (Å²) in [6.45, 7) is 1.41. The molecule has 0 bridgehead atoms. The largest absolute Gasteiger partial charge is 1.00 e. The molecule has 16 heteroatoms. The maximum atomic E-state index is 13.2. The quantitative estimate of drug-likeness (QED) is 0.0820. The van der Waals surface area contributed by atoms with E-state index in [9.17, 15) is 41.1 Å². The summed E-state index contributed by atoms with van der Waals surface area (Å²) in [7, 11) is 5.83. The van der Waals surface area contributed by atoms with Gasteiger partial charge in [-0.05, 0) is 61.1 Å². The molecule has 0 aromatic heterocycles. The second kappa shape index (κ2) is 20.0. The number of hydrogen-bond donors (Lipinski definition) is 2. The minimum Gasteiger partial charge on any atom is -1.00 e. The zero-order valence-corrected chi connectivity index (χ0v) is 36.4. The van der Waals surface area contributed by atoms with E-state index in [0.29, 0.717) is 13.0 Å². The number of piperidine rings is 2. The topological polar surface area (TPSA) is 81.3 Å². The molecule has 7 nitrogen and oxygen atoms in total. The summed E-state index contributed by atoms with van der Waals surface area (Å²) in [5.74, 6) is -1.33. The standard InChI is InChI=1S/C22H24ClF3N2O.C21H22ClF3N2O2.HI/c1-28(2)14-7-6-13-18(28)20(15-9-4-3-5-10-15)27-21(29)16-11-8-12-17(19(16)23)22(24,25)26;1-27(29)13-6-5-12-17(27)19(14-8-3-2-4-9-14)26-20(28)15-10-7-11-16(18(15)22)21(23,24)25;/h3-5,8-12,18,20H,6-7,13-14H2,1-2H3;2-4,7-11,17,19H,5-6,12-13H2,1H3,(H,26,28);1H/t18-,20-;;/m0../s1. The van der Waals surface area contributed by atoms with E-state index in [1.54, 1.807) is 31.3 Å². The fourth-order valence-corrected chi connectivity index (χ4v) is 8.71. The third-order valence-corrected chi connectivity index (χ3v) is 12.0. The van der Waals surface area contributed by atoms with Crippen LogP contribution in [0.25, 0.3) is 0 Å². The lowest BCUT2D eigenvalue weighted by Gasteiger charge is -2.51. The van der Waals surface area contributed by atoms with Crippen LogP contribution >= 0.6 is 23.2 Å². The summed E-state index contributed by atoms with van der Waals surface area (Å²) >= 11 is 11.9. The number of quaternary nitrogens is 2. The molecule has 2 aliphatic heterocycles. The highest BCUT2D eigenvalue weighted by atomic mass is 127. The number of nitrogens with zero attached hydrogens (tertiary/aromatic N) is 2.